The van der Waals surface area contributed by atoms with Gasteiger partial charge in [0.1, 0.15) is 0 Å². The van der Waals surface area contributed by atoms with Crippen LogP contribution in [0.3, 0.4) is 0 Å². The monoisotopic (exact) mass is 297 g/mol. The molecule has 0 aromatic heterocycles. The summed E-state index contributed by atoms with van der Waals surface area (Å²) in [6.45, 7) is 0. The maximum Gasteiger partial charge on any atom is 0.228 e. The number of fused-ring (bicyclic) bond motifs is 1. The molecule has 3 heteroatoms. The van der Waals surface area contributed by atoms with Crippen molar-refractivity contribution in [2.45, 2.75) is 31.6 Å². The summed E-state index contributed by atoms with van der Waals surface area (Å²) in [5.41, 5.74) is 5.62. The minimum Gasteiger partial charge on any atom is -0.326 e. The lowest BCUT2D eigenvalue weighted by atomic mass is 9.77. The topological polar surface area (TPSA) is 29.1 Å². The van der Waals surface area contributed by atoms with E-state index in [1.807, 2.05) is 18.2 Å². The van der Waals surface area contributed by atoms with Gasteiger partial charge in [-0.25, -0.2) is 0 Å². The standard InChI is InChI=1S/C18H16ClNO/c19-15-6-2-5-14(11-3-1-4-11)18(15)12-7-8-16-13(9-12)10-17(21)20-16/h2,5-9,11H,1,3-4,10H2,(H,20,21). The number of anilines is 1. The van der Waals surface area contributed by atoms with E-state index in [1.54, 1.807) is 0 Å². The molecule has 2 aromatic rings. The van der Waals surface area contributed by atoms with Gasteiger partial charge in [0.15, 0.2) is 0 Å². The summed E-state index contributed by atoms with van der Waals surface area (Å²) in [6.07, 6.45) is 4.27. The van der Waals surface area contributed by atoms with Crippen molar-refractivity contribution in [3.8, 4) is 11.1 Å². The fraction of sp³-hybridized carbons (Fsp3) is 0.278. The number of benzene rings is 2. The van der Waals surface area contributed by atoms with Crippen LogP contribution in [0.1, 0.15) is 36.3 Å². The van der Waals surface area contributed by atoms with E-state index in [2.05, 4.69) is 23.5 Å². The van der Waals surface area contributed by atoms with E-state index in [0.29, 0.717) is 12.3 Å². The molecule has 1 N–H and O–H groups in total. The van der Waals surface area contributed by atoms with Crippen molar-refractivity contribution in [2.75, 3.05) is 5.32 Å². The van der Waals surface area contributed by atoms with Crippen LogP contribution in [-0.4, -0.2) is 5.91 Å². The molecule has 0 unspecified atom stereocenters. The predicted molar refractivity (Wildman–Crippen MR) is 85.8 cm³/mol. The lowest BCUT2D eigenvalue weighted by Crippen LogP contribution is -2.10. The molecule has 21 heavy (non-hydrogen) atoms. The average Bonchev–Trinajstić information content (AvgIpc) is 2.76. The summed E-state index contributed by atoms with van der Waals surface area (Å²) in [6, 6.07) is 12.4. The summed E-state index contributed by atoms with van der Waals surface area (Å²) in [5.74, 6) is 0.701. The maximum atomic E-state index is 11.5. The summed E-state index contributed by atoms with van der Waals surface area (Å²) < 4.78 is 0. The van der Waals surface area contributed by atoms with E-state index in [9.17, 15) is 4.79 Å². The zero-order valence-corrected chi connectivity index (χ0v) is 12.4. The molecule has 0 atom stereocenters. The molecule has 2 nitrogen and oxygen atoms in total. The molecule has 1 fully saturated rings. The highest BCUT2D eigenvalue weighted by Gasteiger charge is 2.25. The first kappa shape index (κ1) is 12.9. The van der Waals surface area contributed by atoms with E-state index in [-0.39, 0.29) is 5.91 Å². The second-order valence-corrected chi connectivity index (χ2v) is 6.34. The van der Waals surface area contributed by atoms with Gasteiger partial charge in [0.25, 0.3) is 0 Å². The van der Waals surface area contributed by atoms with Crippen LogP contribution in [0.5, 0.6) is 0 Å². The number of halogens is 1. The molecule has 106 valence electrons. The zero-order valence-electron chi connectivity index (χ0n) is 11.7. The minimum absolute atomic E-state index is 0.0699. The minimum atomic E-state index is 0.0699. The van der Waals surface area contributed by atoms with Gasteiger partial charge in [-0.2, -0.15) is 0 Å². The molecule has 4 rings (SSSR count). The quantitative estimate of drug-likeness (QED) is 0.850. The lowest BCUT2D eigenvalue weighted by molar-refractivity contribution is -0.115. The first-order chi connectivity index (χ1) is 10.2. The van der Waals surface area contributed by atoms with Gasteiger partial charge in [0.2, 0.25) is 5.91 Å². The Bertz CT molecular complexity index is 734. The van der Waals surface area contributed by atoms with Crippen molar-refractivity contribution >= 4 is 23.2 Å². The SMILES string of the molecule is O=C1Cc2cc(-c3c(Cl)cccc3C3CCC3)ccc2N1. The highest BCUT2D eigenvalue weighted by atomic mass is 35.5. The van der Waals surface area contributed by atoms with Crippen molar-refractivity contribution in [3.63, 3.8) is 0 Å². The van der Waals surface area contributed by atoms with E-state index >= 15 is 0 Å². The average molecular weight is 298 g/mol. The van der Waals surface area contributed by atoms with Crippen LogP contribution in [0.15, 0.2) is 36.4 Å². The summed E-state index contributed by atoms with van der Waals surface area (Å²) in [4.78, 5) is 11.5. The smallest absolute Gasteiger partial charge is 0.228 e. The molecule has 1 saturated carbocycles. The Hall–Kier alpha value is -1.80. The van der Waals surface area contributed by atoms with Gasteiger partial charge in [0, 0.05) is 16.3 Å². The van der Waals surface area contributed by atoms with Gasteiger partial charge in [0.05, 0.1) is 6.42 Å². The van der Waals surface area contributed by atoms with Crippen molar-refractivity contribution in [3.05, 3.63) is 52.5 Å². The molecule has 0 saturated heterocycles. The van der Waals surface area contributed by atoms with Crippen molar-refractivity contribution < 1.29 is 4.79 Å². The first-order valence-electron chi connectivity index (χ1n) is 7.44. The van der Waals surface area contributed by atoms with Crippen LogP contribution in [-0.2, 0) is 11.2 Å². The number of carbonyl (C=O) groups excluding carboxylic acids is 1. The lowest BCUT2D eigenvalue weighted by Gasteiger charge is -2.28. The van der Waals surface area contributed by atoms with Gasteiger partial charge in [-0.3, -0.25) is 4.79 Å². The van der Waals surface area contributed by atoms with Crippen LogP contribution in [0.25, 0.3) is 11.1 Å². The van der Waals surface area contributed by atoms with E-state index in [0.717, 1.165) is 27.4 Å². The Kier molecular flexibility index (Phi) is 3.00. The van der Waals surface area contributed by atoms with E-state index < -0.39 is 0 Å². The number of nitrogens with one attached hydrogen (secondary N) is 1. The molecule has 2 aromatic carbocycles. The molecular formula is C18H16ClNO. The maximum absolute atomic E-state index is 11.5. The molecule has 1 heterocycles. The summed E-state index contributed by atoms with van der Waals surface area (Å²) >= 11 is 6.49. The van der Waals surface area contributed by atoms with Crippen molar-refractivity contribution in [1.82, 2.24) is 0 Å². The number of hydrogen-bond acceptors (Lipinski definition) is 1. The Morgan fingerprint density at radius 2 is 2.00 bits per heavy atom. The van der Waals surface area contributed by atoms with E-state index in [4.69, 9.17) is 11.6 Å². The van der Waals surface area contributed by atoms with Crippen LogP contribution in [0.2, 0.25) is 5.02 Å². The Morgan fingerprint density at radius 3 is 2.76 bits per heavy atom. The van der Waals surface area contributed by atoms with Crippen LogP contribution >= 0.6 is 11.6 Å². The third-order valence-electron chi connectivity index (χ3n) is 4.61. The van der Waals surface area contributed by atoms with Crippen LogP contribution < -0.4 is 5.32 Å². The second-order valence-electron chi connectivity index (χ2n) is 5.93. The van der Waals surface area contributed by atoms with E-state index in [1.165, 1.54) is 24.8 Å². The van der Waals surface area contributed by atoms with Gasteiger partial charge < -0.3 is 5.32 Å². The number of hydrogen-bond donors (Lipinski definition) is 1. The summed E-state index contributed by atoms with van der Waals surface area (Å²) in [7, 11) is 0. The third-order valence-corrected chi connectivity index (χ3v) is 4.92. The highest BCUT2D eigenvalue weighted by Crippen LogP contribution is 2.44. The van der Waals surface area contributed by atoms with Gasteiger partial charge in [-0.15, -0.1) is 0 Å². The molecule has 0 radical (unpaired) electrons. The van der Waals surface area contributed by atoms with Crippen LogP contribution in [0.4, 0.5) is 5.69 Å². The highest BCUT2D eigenvalue weighted by molar-refractivity contribution is 6.33. The molecule has 1 aliphatic carbocycles. The third kappa shape index (κ3) is 2.14. The number of amides is 1. The van der Waals surface area contributed by atoms with Crippen LogP contribution in [0, 0.1) is 0 Å². The Balaban J connectivity index is 1.83. The normalized spacial score (nSPS) is 17.3. The Labute approximate surface area is 129 Å². The molecule has 2 aliphatic rings. The van der Waals surface area contributed by atoms with Gasteiger partial charge in [-0.1, -0.05) is 36.2 Å². The second kappa shape index (κ2) is 4.88. The molecular weight excluding hydrogens is 282 g/mol. The fourth-order valence-corrected chi connectivity index (χ4v) is 3.58. The zero-order chi connectivity index (χ0) is 14.4. The number of carbonyl (C=O) groups is 1. The Morgan fingerprint density at radius 1 is 1.14 bits per heavy atom. The van der Waals surface area contributed by atoms with Gasteiger partial charge in [-0.05, 0) is 53.6 Å². The predicted octanol–water partition coefficient (Wildman–Crippen LogP) is 4.77. The molecule has 0 spiro atoms. The van der Waals surface area contributed by atoms with Gasteiger partial charge >= 0.3 is 0 Å². The summed E-state index contributed by atoms with van der Waals surface area (Å²) in [5, 5.41) is 3.68. The molecule has 0 bridgehead atoms. The molecule has 1 aliphatic heterocycles. The number of rotatable bonds is 2. The van der Waals surface area contributed by atoms with Crippen molar-refractivity contribution in [2.24, 2.45) is 0 Å². The first-order valence-corrected chi connectivity index (χ1v) is 7.82. The fourth-order valence-electron chi connectivity index (χ4n) is 3.29. The van der Waals surface area contributed by atoms with Crippen molar-refractivity contribution in [1.29, 1.82) is 0 Å². The largest absolute Gasteiger partial charge is 0.326 e. The molecule has 1 amide bonds.